The van der Waals surface area contributed by atoms with Crippen molar-refractivity contribution in [2.24, 2.45) is 17.8 Å². The molecule has 2 N–H and O–H groups in total. The predicted octanol–water partition coefficient (Wildman–Crippen LogP) is 5.85. The number of aromatic nitrogens is 1. The summed E-state index contributed by atoms with van der Waals surface area (Å²) in [6.07, 6.45) is 7.17. The summed E-state index contributed by atoms with van der Waals surface area (Å²) < 4.78 is 8.06. The standard InChI is InChI=1S/C23H28N2OS2/c1-14-2-3-19(28-14)13-26-22-17-7-15-6-16(8-17)11-23(22,10-15)24-12-18-9-21-20(25-18)4-5-27-21/h2-5,9,15-17,22,24-25H,6-8,10-13H2,1H3. The van der Waals surface area contributed by atoms with Crippen LogP contribution in [0.4, 0.5) is 0 Å². The Hall–Kier alpha value is -1.14. The number of hydrogen-bond donors (Lipinski definition) is 2. The van der Waals surface area contributed by atoms with Crippen molar-refractivity contribution in [1.82, 2.24) is 10.3 Å². The summed E-state index contributed by atoms with van der Waals surface area (Å²) in [7, 11) is 0. The van der Waals surface area contributed by atoms with Gasteiger partial charge in [-0.05, 0) is 86.4 Å². The summed E-state index contributed by atoms with van der Waals surface area (Å²) in [5, 5.41) is 6.20. The Morgan fingerprint density at radius 1 is 1.18 bits per heavy atom. The van der Waals surface area contributed by atoms with Crippen molar-refractivity contribution in [3.05, 3.63) is 45.1 Å². The van der Waals surface area contributed by atoms with Crippen LogP contribution >= 0.6 is 22.7 Å². The lowest BCUT2D eigenvalue weighted by molar-refractivity contribution is -0.157. The summed E-state index contributed by atoms with van der Waals surface area (Å²) >= 11 is 3.70. The second-order valence-corrected chi connectivity index (χ2v) is 11.7. The molecule has 4 saturated carbocycles. The Morgan fingerprint density at radius 2 is 2.04 bits per heavy atom. The Morgan fingerprint density at radius 3 is 2.79 bits per heavy atom. The average Bonchev–Trinajstić information content (AvgIpc) is 3.35. The van der Waals surface area contributed by atoms with Gasteiger partial charge in [0, 0.05) is 27.5 Å². The molecule has 4 fully saturated rings. The van der Waals surface area contributed by atoms with Crippen molar-refractivity contribution in [2.75, 3.05) is 0 Å². The van der Waals surface area contributed by atoms with Crippen LogP contribution < -0.4 is 5.32 Å². The van der Waals surface area contributed by atoms with Gasteiger partial charge in [-0.2, -0.15) is 0 Å². The largest absolute Gasteiger partial charge is 0.370 e. The Labute approximate surface area is 174 Å². The SMILES string of the molecule is Cc1ccc(COC2C3CC4CC(C3)CC2(NCc2cc3sccc3[nH]2)C4)s1. The minimum atomic E-state index is 0.166. The zero-order valence-electron chi connectivity index (χ0n) is 16.4. The molecule has 3 nitrogen and oxygen atoms in total. The van der Waals surface area contributed by atoms with E-state index in [1.807, 2.05) is 22.7 Å². The molecular weight excluding hydrogens is 384 g/mol. The van der Waals surface area contributed by atoms with Crippen LogP contribution in [-0.2, 0) is 17.9 Å². The first kappa shape index (κ1) is 17.7. The summed E-state index contributed by atoms with van der Waals surface area (Å²) in [4.78, 5) is 6.34. The molecule has 0 radical (unpaired) electrons. The molecule has 3 unspecified atom stereocenters. The first-order valence-corrected chi connectivity index (χ1v) is 12.3. The van der Waals surface area contributed by atoms with Gasteiger partial charge >= 0.3 is 0 Å². The number of thiophene rings is 2. The van der Waals surface area contributed by atoms with Crippen LogP contribution in [0.1, 0.15) is 47.6 Å². The molecule has 3 atom stereocenters. The van der Waals surface area contributed by atoms with Crippen LogP contribution in [-0.4, -0.2) is 16.6 Å². The number of nitrogens with one attached hydrogen (secondary N) is 2. The number of ether oxygens (including phenoxy) is 1. The first-order valence-electron chi connectivity index (χ1n) is 10.6. The van der Waals surface area contributed by atoms with Crippen LogP contribution in [0.3, 0.4) is 0 Å². The maximum absolute atomic E-state index is 6.69. The van der Waals surface area contributed by atoms with Gasteiger partial charge in [-0.1, -0.05) is 0 Å². The molecule has 4 aliphatic carbocycles. The third-order valence-corrected chi connectivity index (χ3v) is 9.18. The molecule has 5 heteroatoms. The molecule has 0 spiro atoms. The van der Waals surface area contributed by atoms with E-state index >= 15 is 0 Å². The zero-order chi connectivity index (χ0) is 18.7. The summed E-state index contributed by atoms with van der Waals surface area (Å²) in [6, 6.07) is 8.95. The second-order valence-electron chi connectivity index (χ2n) is 9.35. The van der Waals surface area contributed by atoms with E-state index < -0.39 is 0 Å². The molecule has 7 rings (SSSR count). The van der Waals surface area contributed by atoms with Crippen LogP contribution in [0.2, 0.25) is 0 Å². The molecule has 28 heavy (non-hydrogen) atoms. The van der Waals surface area contributed by atoms with Gasteiger partial charge in [-0.15, -0.1) is 22.7 Å². The number of rotatable bonds is 6. The van der Waals surface area contributed by atoms with E-state index in [9.17, 15) is 0 Å². The van der Waals surface area contributed by atoms with Gasteiger partial charge in [0.05, 0.1) is 22.9 Å². The van der Waals surface area contributed by atoms with Gasteiger partial charge in [0.2, 0.25) is 0 Å². The van der Waals surface area contributed by atoms with Gasteiger partial charge in [0.15, 0.2) is 0 Å². The Balaban J connectivity index is 1.22. The molecule has 0 amide bonds. The van der Waals surface area contributed by atoms with Crippen molar-refractivity contribution in [3.63, 3.8) is 0 Å². The summed E-state index contributed by atoms with van der Waals surface area (Å²) in [6.45, 7) is 3.88. The van der Waals surface area contributed by atoms with Crippen molar-refractivity contribution >= 4 is 32.9 Å². The first-order chi connectivity index (χ1) is 13.7. The van der Waals surface area contributed by atoms with Crippen molar-refractivity contribution < 1.29 is 4.74 Å². The molecule has 3 aromatic rings. The van der Waals surface area contributed by atoms with E-state index in [2.05, 4.69) is 46.9 Å². The number of aryl methyl sites for hydroxylation is 1. The van der Waals surface area contributed by atoms with Gasteiger partial charge in [0.25, 0.3) is 0 Å². The van der Waals surface area contributed by atoms with Crippen molar-refractivity contribution in [1.29, 1.82) is 0 Å². The van der Waals surface area contributed by atoms with Crippen molar-refractivity contribution in [3.8, 4) is 0 Å². The minimum Gasteiger partial charge on any atom is -0.370 e. The van der Waals surface area contributed by atoms with Crippen LogP contribution in [0.5, 0.6) is 0 Å². The zero-order valence-corrected chi connectivity index (χ0v) is 18.0. The number of hydrogen-bond acceptors (Lipinski definition) is 4. The molecule has 0 aliphatic heterocycles. The maximum Gasteiger partial charge on any atom is 0.0814 e. The van der Waals surface area contributed by atoms with Gasteiger partial charge < -0.3 is 15.0 Å². The van der Waals surface area contributed by atoms with E-state index in [1.54, 1.807) is 0 Å². The molecule has 3 aromatic heterocycles. The average molecular weight is 413 g/mol. The van der Waals surface area contributed by atoms with Gasteiger partial charge in [-0.25, -0.2) is 0 Å². The lowest BCUT2D eigenvalue weighted by Gasteiger charge is -2.61. The fourth-order valence-corrected chi connectivity index (χ4v) is 8.16. The molecule has 0 saturated heterocycles. The normalized spacial score (nSPS) is 33.9. The summed E-state index contributed by atoms with van der Waals surface area (Å²) in [5.74, 6) is 2.55. The van der Waals surface area contributed by atoms with E-state index in [1.165, 1.54) is 57.8 Å². The van der Waals surface area contributed by atoms with E-state index in [0.717, 1.165) is 30.9 Å². The minimum absolute atomic E-state index is 0.166. The smallest absolute Gasteiger partial charge is 0.0814 e. The molecule has 4 bridgehead atoms. The second kappa shape index (κ2) is 6.69. The fraction of sp³-hybridized carbons (Fsp3) is 0.565. The number of H-pyrrole nitrogens is 1. The van der Waals surface area contributed by atoms with E-state index in [0.29, 0.717) is 6.10 Å². The number of fused-ring (bicyclic) bond motifs is 1. The van der Waals surface area contributed by atoms with Crippen LogP contribution in [0.25, 0.3) is 10.2 Å². The molecule has 0 aromatic carbocycles. The van der Waals surface area contributed by atoms with Crippen molar-refractivity contribution in [2.45, 2.75) is 63.8 Å². The Kier molecular flexibility index (Phi) is 4.23. The molecular formula is C23H28N2OS2. The summed E-state index contributed by atoms with van der Waals surface area (Å²) in [5.41, 5.74) is 2.75. The lowest BCUT2D eigenvalue weighted by atomic mass is 9.51. The van der Waals surface area contributed by atoms with Gasteiger partial charge in [0.1, 0.15) is 0 Å². The quantitative estimate of drug-likeness (QED) is 0.533. The third-order valence-electron chi connectivity index (χ3n) is 7.35. The third kappa shape index (κ3) is 2.98. The highest BCUT2D eigenvalue weighted by Crippen LogP contribution is 2.57. The predicted molar refractivity (Wildman–Crippen MR) is 117 cm³/mol. The molecule has 4 aliphatic rings. The molecule has 148 valence electrons. The highest BCUT2D eigenvalue weighted by molar-refractivity contribution is 7.17. The van der Waals surface area contributed by atoms with E-state index in [4.69, 9.17) is 4.74 Å². The molecule has 3 heterocycles. The Bertz CT molecular complexity index is 943. The van der Waals surface area contributed by atoms with Crippen LogP contribution in [0.15, 0.2) is 29.6 Å². The maximum atomic E-state index is 6.69. The topological polar surface area (TPSA) is 37.0 Å². The number of aromatic amines is 1. The monoisotopic (exact) mass is 412 g/mol. The lowest BCUT2D eigenvalue weighted by Crippen LogP contribution is -2.67. The highest BCUT2D eigenvalue weighted by atomic mass is 32.1. The van der Waals surface area contributed by atoms with Crippen LogP contribution in [0, 0.1) is 24.7 Å². The van der Waals surface area contributed by atoms with Gasteiger partial charge in [-0.3, -0.25) is 0 Å². The van der Waals surface area contributed by atoms with E-state index in [-0.39, 0.29) is 5.54 Å². The fourth-order valence-electron chi connectivity index (χ4n) is 6.54. The highest BCUT2D eigenvalue weighted by Gasteiger charge is 2.57.